The third kappa shape index (κ3) is 5.69. The predicted octanol–water partition coefficient (Wildman–Crippen LogP) is 5.84. The molecule has 1 unspecified atom stereocenters. The third-order valence-corrected chi connectivity index (χ3v) is 7.66. The highest BCUT2D eigenvalue weighted by Gasteiger charge is 2.30. The Kier molecular flexibility index (Phi) is 7.45. The normalized spacial score (nSPS) is 15.8. The van der Waals surface area contributed by atoms with Gasteiger partial charge in [-0.2, -0.15) is 0 Å². The lowest BCUT2D eigenvalue weighted by molar-refractivity contribution is -0.143. The number of aromatic nitrogens is 3. The Morgan fingerprint density at radius 1 is 1.13 bits per heavy atom. The van der Waals surface area contributed by atoms with E-state index in [1.807, 2.05) is 26.1 Å². The van der Waals surface area contributed by atoms with Crippen LogP contribution in [-0.4, -0.2) is 44.6 Å². The molecule has 2 heterocycles. The molecule has 204 valence electrons. The van der Waals surface area contributed by atoms with Crippen LogP contribution in [0.4, 0.5) is 0 Å². The number of aryl methyl sites for hydroxylation is 3. The van der Waals surface area contributed by atoms with Crippen molar-refractivity contribution in [1.29, 1.82) is 0 Å². The molecule has 0 amide bonds. The van der Waals surface area contributed by atoms with Gasteiger partial charge in [-0.15, -0.1) is 5.10 Å². The molecule has 0 saturated heterocycles. The molecule has 0 N–H and O–H groups in total. The number of para-hydroxylation sites is 1. The molecule has 0 fully saturated rings. The first-order chi connectivity index (χ1) is 18.6. The maximum Gasteiger partial charge on any atom is 0.306 e. The number of benzene rings is 3. The molecular formula is C32H38N4O3. The van der Waals surface area contributed by atoms with Crippen molar-refractivity contribution >= 4 is 17.0 Å². The summed E-state index contributed by atoms with van der Waals surface area (Å²) in [6.45, 7) is 13.1. The molecule has 1 aromatic heterocycles. The van der Waals surface area contributed by atoms with Crippen molar-refractivity contribution in [1.82, 2.24) is 19.9 Å². The standard InChI is InChI=1S/C32H38N4O3/c1-7-38-30(37)17-27(26-14-15-28-31(22(26)3)33-34-35(28)6)23-13-12-21(2)25(16-23)19-36-18-24-10-8-9-11-29(24)39-32(4,5)20-36/h8-16,27H,7,17-20H2,1-6H3. The smallest absolute Gasteiger partial charge is 0.306 e. The van der Waals surface area contributed by atoms with Gasteiger partial charge in [0, 0.05) is 38.2 Å². The van der Waals surface area contributed by atoms with E-state index in [1.165, 1.54) is 16.7 Å². The first-order valence-electron chi connectivity index (χ1n) is 13.7. The van der Waals surface area contributed by atoms with Crippen molar-refractivity contribution in [3.8, 4) is 5.75 Å². The van der Waals surface area contributed by atoms with E-state index in [2.05, 4.69) is 85.4 Å². The van der Waals surface area contributed by atoms with Crippen LogP contribution < -0.4 is 4.74 Å². The first-order valence-corrected chi connectivity index (χ1v) is 13.7. The van der Waals surface area contributed by atoms with Crippen molar-refractivity contribution in [2.75, 3.05) is 13.2 Å². The van der Waals surface area contributed by atoms with Crippen LogP contribution in [0.5, 0.6) is 5.75 Å². The summed E-state index contributed by atoms with van der Waals surface area (Å²) in [5, 5.41) is 8.60. The Bertz CT molecular complexity index is 1510. The molecule has 0 radical (unpaired) electrons. The molecule has 1 aliphatic heterocycles. The van der Waals surface area contributed by atoms with Crippen molar-refractivity contribution in [2.24, 2.45) is 7.05 Å². The summed E-state index contributed by atoms with van der Waals surface area (Å²) in [6, 6.07) is 19.0. The third-order valence-electron chi connectivity index (χ3n) is 7.66. The van der Waals surface area contributed by atoms with Crippen molar-refractivity contribution < 1.29 is 14.3 Å². The van der Waals surface area contributed by atoms with Gasteiger partial charge in [0.15, 0.2) is 0 Å². The summed E-state index contributed by atoms with van der Waals surface area (Å²) >= 11 is 0. The Hall–Kier alpha value is -3.71. The second-order valence-electron chi connectivity index (χ2n) is 11.2. The number of esters is 1. The molecular weight excluding hydrogens is 488 g/mol. The number of carbonyl (C=O) groups excluding carboxylic acids is 1. The van der Waals surface area contributed by atoms with Gasteiger partial charge in [-0.25, -0.2) is 4.68 Å². The van der Waals surface area contributed by atoms with E-state index in [1.54, 1.807) is 4.68 Å². The summed E-state index contributed by atoms with van der Waals surface area (Å²) in [7, 11) is 1.89. The van der Waals surface area contributed by atoms with Crippen molar-refractivity contribution in [2.45, 2.75) is 65.6 Å². The van der Waals surface area contributed by atoms with E-state index in [0.717, 1.165) is 53.1 Å². The van der Waals surface area contributed by atoms with Crippen LogP contribution in [0.25, 0.3) is 11.0 Å². The monoisotopic (exact) mass is 526 g/mol. The van der Waals surface area contributed by atoms with Gasteiger partial charge in [-0.1, -0.05) is 47.7 Å². The highest BCUT2D eigenvalue weighted by Crippen LogP contribution is 2.35. The molecule has 5 rings (SSSR count). The van der Waals surface area contributed by atoms with Crippen LogP contribution in [0.3, 0.4) is 0 Å². The largest absolute Gasteiger partial charge is 0.486 e. The fourth-order valence-corrected chi connectivity index (χ4v) is 5.75. The zero-order valence-electron chi connectivity index (χ0n) is 23.8. The maximum atomic E-state index is 12.8. The number of nitrogens with zero attached hydrogens (tertiary/aromatic N) is 4. The van der Waals surface area contributed by atoms with Crippen LogP contribution in [-0.2, 0) is 29.7 Å². The first kappa shape index (κ1) is 26.9. The summed E-state index contributed by atoms with van der Waals surface area (Å²) in [5.74, 6) is 0.602. The van der Waals surface area contributed by atoms with Gasteiger partial charge < -0.3 is 9.47 Å². The Balaban J connectivity index is 1.51. The fraction of sp³-hybridized carbons (Fsp3) is 0.406. The van der Waals surface area contributed by atoms with Gasteiger partial charge in [-0.3, -0.25) is 9.69 Å². The van der Waals surface area contributed by atoms with Crippen LogP contribution in [0.1, 0.15) is 66.5 Å². The van der Waals surface area contributed by atoms with Crippen LogP contribution in [0, 0.1) is 13.8 Å². The molecule has 1 aliphatic rings. The van der Waals surface area contributed by atoms with Crippen LogP contribution >= 0.6 is 0 Å². The zero-order chi connectivity index (χ0) is 27.7. The van der Waals surface area contributed by atoms with Gasteiger partial charge >= 0.3 is 5.97 Å². The van der Waals surface area contributed by atoms with Gasteiger partial charge in [0.05, 0.1) is 18.5 Å². The number of carbonyl (C=O) groups is 1. The predicted molar refractivity (Wildman–Crippen MR) is 153 cm³/mol. The molecule has 3 aromatic carbocycles. The lowest BCUT2D eigenvalue weighted by atomic mass is 9.84. The zero-order valence-corrected chi connectivity index (χ0v) is 23.8. The number of hydrogen-bond donors (Lipinski definition) is 0. The fourth-order valence-electron chi connectivity index (χ4n) is 5.75. The minimum absolute atomic E-state index is 0.153. The summed E-state index contributed by atoms with van der Waals surface area (Å²) in [6.07, 6.45) is 0.265. The molecule has 7 heteroatoms. The van der Waals surface area contributed by atoms with Gasteiger partial charge in [0.25, 0.3) is 0 Å². The average molecular weight is 527 g/mol. The molecule has 0 bridgehead atoms. The SMILES string of the molecule is CCOC(=O)CC(c1ccc(C)c(CN2Cc3ccccc3OC(C)(C)C2)c1)c1ccc2c(nnn2C)c1C. The number of hydrogen-bond acceptors (Lipinski definition) is 6. The number of ether oxygens (including phenoxy) is 2. The van der Waals surface area contributed by atoms with E-state index in [-0.39, 0.29) is 23.9 Å². The molecule has 4 aromatic rings. The van der Waals surface area contributed by atoms with Crippen molar-refractivity contribution in [3.63, 3.8) is 0 Å². The Morgan fingerprint density at radius 3 is 2.72 bits per heavy atom. The number of fused-ring (bicyclic) bond motifs is 2. The minimum Gasteiger partial charge on any atom is -0.486 e. The molecule has 0 spiro atoms. The summed E-state index contributed by atoms with van der Waals surface area (Å²) in [4.78, 5) is 15.3. The van der Waals surface area contributed by atoms with E-state index >= 15 is 0 Å². The van der Waals surface area contributed by atoms with E-state index in [4.69, 9.17) is 9.47 Å². The van der Waals surface area contributed by atoms with Crippen LogP contribution in [0.15, 0.2) is 54.6 Å². The highest BCUT2D eigenvalue weighted by molar-refractivity contribution is 5.80. The maximum absolute atomic E-state index is 12.8. The molecule has 7 nitrogen and oxygen atoms in total. The topological polar surface area (TPSA) is 69.5 Å². The number of rotatable bonds is 7. The van der Waals surface area contributed by atoms with Crippen molar-refractivity contribution in [3.05, 3.63) is 88.0 Å². The second-order valence-corrected chi connectivity index (χ2v) is 11.2. The second kappa shape index (κ2) is 10.8. The lowest BCUT2D eigenvalue weighted by Gasteiger charge is -2.30. The highest BCUT2D eigenvalue weighted by atomic mass is 16.5. The Labute approximate surface area is 230 Å². The van der Waals surface area contributed by atoms with E-state index in [0.29, 0.717) is 6.61 Å². The minimum atomic E-state index is -0.312. The van der Waals surface area contributed by atoms with Gasteiger partial charge in [-0.05, 0) is 74.6 Å². The Morgan fingerprint density at radius 2 is 1.92 bits per heavy atom. The van der Waals surface area contributed by atoms with Crippen LogP contribution in [0.2, 0.25) is 0 Å². The quantitative estimate of drug-likeness (QED) is 0.282. The van der Waals surface area contributed by atoms with Gasteiger partial charge in [0.1, 0.15) is 16.9 Å². The van der Waals surface area contributed by atoms with E-state index in [9.17, 15) is 4.79 Å². The molecule has 0 aliphatic carbocycles. The lowest BCUT2D eigenvalue weighted by Crippen LogP contribution is -2.40. The summed E-state index contributed by atoms with van der Waals surface area (Å²) in [5.41, 5.74) is 8.41. The summed E-state index contributed by atoms with van der Waals surface area (Å²) < 4.78 is 13.6. The van der Waals surface area contributed by atoms with Gasteiger partial charge in [0.2, 0.25) is 0 Å². The molecule has 39 heavy (non-hydrogen) atoms. The molecule has 1 atom stereocenters. The van der Waals surface area contributed by atoms with E-state index < -0.39 is 0 Å². The average Bonchev–Trinajstić information content (AvgIpc) is 3.20. The molecule has 0 saturated carbocycles.